The Hall–Kier alpha value is -2.36. The number of aliphatic imine (C=N–C) groups is 1. The Morgan fingerprint density at radius 3 is 2.22 bits per heavy atom. The van der Waals surface area contributed by atoms with E-state index in [1.165, 1.54) is 17.3 Å². The SMILES string of the molecule is COc1cc[n+]([O-])c(C=Nc2c(C(C)C)cccc2C(C)C)c1. The van der Waals surface area contributed by atoms with E-state index in [1.54, 1.807) is 25.5 Å². The van der Waals surface area contributed by atoms with Crippen molar-refractivity contribution >= 4 is 11.9 Å². The maximum absolute atomic E-state index is 11.9. The van der Waals surface area contributed by atoms with Crippen molar-refractivity contribution in [2.75, 3.05) is 7.11 Å². The minimum atomic E-state index is 0.366. The fourth-order valence-electron chi connectivity index (χ4n) is 2.50. The molecule has 23 heavy (non-hydrogen) atoms. The van der Waals surface area contributed by atoms with Crippen LogP contribution < -0.4 is 9.47 Å². The maximum Gasteiger partial charge on any atom is 0.238 e. The Labute approximate surface area is 138 Å². The molecule has 122 valence electrons. The molecular formula is C19H24N2O2. The van der Waals surface area contributed by atoms with Crippen molar-refractivity contribution < 1.29 is 9.47 Å². The predicted octanol–water partition coefficient (Wildman–Crippen LogP) is 4.33. The highest BCUT2D eigenvalue weighted by Crippen LogP contribution is 2.34. The predicted molar refractivity (Wildman–Crippen MR) is 93.8 cm³/mol. The molecule has 0 saturated heterocycles. The van der Waals surface area contributed by atoms with Crippen molar-refractivity contribution in [2.45, 2.75) is 39.5 Å². The molecule has 4 heteroatoms. The van der Waals surface area contributed by atoms with Crippen molar-refractivity contribution in [1.82, 2.24) is 0 Å². The van der Waals surface area contributed by atoms with Gasteiger partial charge in [0.15, 0.2) is 6.20 Å². The molecule has 0 bridgehead atoms. The minimum Gasteiger partial charge on any atom is -0.618 e. The van der Waals surface area contributed by atoms with Gasteiger partial charge < -0.3 is 9.94 Å². The highest BCUT2D eigenvalue weighted by atomic mass is 16.5. The van der Waals surface area contributed by atoms with E-state index in [1.807, 2.05) is 0 Å². The van der Waals surface area contributed by atoms with Crippen molar-refractivity contribution in [3.05, 3.63) is 58.6 Å². The Bertz CT molecular complexity index is 680. The fourth-order valence-corrected chi connectivity index (χ4v) is 2.50. The molecule has 0 atom stereocenters. The number of methoxy groups -OCH3 is 1. The molecule has 4 nitrogen and oxygen atoms in total. The van der Waals surface area contributed by atoms with Crippen LogP contribution in [0.1, 0.15) is 56.4 Å². The number of hydrogen-bond acceptors (Lipinski definition) is 3. The number of benzene rings is 1. The van der Waals surface area contributed by atoms with Crippen LogP contribution in [0, 0.1) is 5.21 Å². The first-order valence-corrected chi connectivity index (χ1v) is 7.88. The molecule has 1 aromatic carbocycles. The number of rotatable bonds is 5. The van der Waals surface area contributed by atoms with Gasteiger partial charge in [0, 0.05) is 6.07 Å². The van der Waals surface area contributed by atoms with E-state index in [2.05, 4.69) is 50.9 Å². The van der Waals surface area contributed by atoms with Gasteiger partial charge in [0.1, 0.15) is 12.0 Å². The van der Waals surface area contributed by atoms with Crippen molar-refractivity contribution in [1.29, 1.82) is 0 Å². The number of nitrogens with zero attached hydrogens (tertiary/aromatic N) is 2. The zero-order valence-corrected chi connectivity index (χ0v) is 14.4. The summed E-state index contributed by atoms with van der Waals surface area (Å²) < 4.78 is 5.96. The second-order valence-corrected chi connectivity index (χ2v) is 6.17. The lowest BCUT2D eigenvalue weighted by molar-refractivity contribution is -0.606. The van der Waals surface area contributed by atoms with E-state index in [4.69, 9.17) is 4.74 Å². The lowest BCUT2D eigenvalue weighted by Gasteiger charge is -2.16. The second kappa shape index (κ2) is 7.27. The van der Waals surface area contributed by atoms with Crippen molar-refractivity contribution in [2.24, 2.45) is 4.99 Å². The number of para-hydroxylation sites is 1. The number of pyridine rings is 1. The Kier molecular flexibility index (Phi) is 5.37. The van der Waals surface area contributed by atoms with Crippen LogP contribution in [0.2, 0.25) is 0 Å². The van der Waals surface area contributed by atoms with Crippen LogP contribution in [0.25, 0.3) is 0 Å². The Balaban J connectivity index is 2.50. The third-order valence-corrected chi connectivity index (χ3v) is 3.82. The number of aromatic nitrogens is 1. The molecule has 0 unspecified atom stereocenters. The smallest absolute Gasteiger partial charge is 0.238 e. The summed E-state index contributed by atoms with van der Waals surface area (Å²) in [5.41, 5.74) is 3.79. The largest absolute Gasteiger partial charge is 0.618 e. The highest BCUT2D eigenvalue weighted by molar-refractivity contribution is 5.80. The molecule has 1 aromatic heterocycles. The van der Waals surface area contributed by atoms with Gasteiger partial charge in [0.2, 0.25) is 5.69 Å². The third-order valence-electron chi connectivity index (χ3n) is 3.82. The number of ether oxygens (including phenoxy) is 1. The molecule has 0 saturated carbocycles. The lowest BCUT2D eigenvalue weighted by atomic mass is 9.93. The molecule has 1 heterocycles. The molecule has 0 aliphatic heterocycles. The lowest BCUT2D eigenvalue weighted by Crippen LogP contribution is -2.30. The van der Waals surface area contributed by atoms with E-state index in [0.29, 0.717) is 23.3 Å². The maximum atomic E-state index is 11.9. The van der Waals surface area contributed by atoms with Gasteiger partial charge in [-0.05, 0) is 23.0 Å². The first-order valence-electron chi connectivity index (χ1n) is 7.88. The summed E-state index contributed by atoms with van der Waals surface area (Å²) in [5.74, 6) is 1.37. The van der Waals surface area contributed by atoms with E-state index in [0.717, 1.165) is 10.4 Å². The topological polar surface area (TPSA) is 48.5 Å². The average Bonchev–Trinajstić information content (AvgIpc) is 2.53. The highest BCUT2D eigenvalue weighted by Gasteiger charge is 2.13. The zero-order valence-electron chi connectivity index (χ0n) is 14.4. The van der Waals surface area contributed by atoms with Gasteiger partial charge in [0.05, 0.1) is 18.9 Å². The van der Waals surface area contributed by atoms with Crippen molar-refractivity contribution in [3.8, 4) is 5.75 Å². The summed E-state index contributed by atoms with van der Waals surface area (Å²) in [4.78, 5) is 4.65. The van der Waals surface area contributed by atoms with E-state index in [9.17, 15) is 5.21 Å². The molecule has 0 fully saturated rings. The standard InChI is InChI=1S/C19H24N2O2/c1-13(2)17-7-6-8-18(14(3)4)19(17)20-12-15-11-16(23-5)9-10-21(15)22/h6-14H,1-5H3. The summed E-state index contributed by atoms with van der Waals surface area (Å²) in [6, 6.07) is 9.58. The van der Waals surface area contributed by atoms with Crippen LogP contribution >= 0.6 is 0 Å². The van der Waals surface area contributed by atoms with Crippen LogP contribution in [0.5, 0.6) is 5.75 Å². The van der Waals surface area contributed by atoms with Gasteiger partial charge in [-0.1, -0.05) is 45.9 Å². The van der Waals surface area contributed by atoms with Gasteiger partial charge in [-0.15, -0.1) is 0 Å². The molecule has 2 rings (SSSR count). The molecule has 0 spiro atoms. The van der Waals surface area contributed by atoms with Gasteiger partial charge in [0.25, 0.3) is 0 Å². The van der Waals surface area contributed by atoms with Crippen molar-refractivity contribution in [3.63, 3.8) is 0 Å². The summed E-state index contributed by atoms with van der Waals surface area (Å²) >= 11 is 0. The summed E-state index contributed by atoms with van der Waals surface area (Å²) in [6.45, 7) is 8.60. The first kappa shape index (κ1) is 17.0. The molecular weight excluding hydrogens is 288 g/mol. The number of hydrogen-bond donors (Lipinski definition) is 0. The summed E-state index contributed by atoms with van der Waals surface area (Å²) in [5, 5.41) is 11.9. The Morgan fingerprint density at radius 1 is 1.09 bits per heavy atom. The zero-order chi connectivity index (χ0) is 17.0. The summed E-state index contributed by atoms with van der Waals surface area (Å²) in [6.07, 6.45) is 3.04. The van der Waals surface area contributed by atoms with Gasteiger partial charge in [-0.3, -0.25) is 0 Å². The van der Waals surface area contributed by atoms with E-state index in [-0.39, 0.29) is 0 Å². The molecule has 2 aromatic rings. The molecule has 0 aliphatic carbocycles. The van der Waals surface area contributed by atoms with Gasteiger partial charge >= 0.3 is 0 Å². The van der Waals surface area contributed by atoms with Crippen LogP contribution in [-0.2, 0) is 0 Å². The van der Waals surface area contributed by atoms with Crippen LogP contribution in [0.3, 0.4) is 0 Å². The van der Waals surface area contributed by atoms with Gasteiger partial charge in [-0.2, -0.15) is 4.73 Å². The quantitative estimate of drug-likeness (QED) is 0.469. The molecule has 0 radical (unpaired) electrons. The summed E-state index contributed by atoms with van der Waals surface area (Å²) in [7, 11) is 1.58. The van der Waals surface area contributed by atoms with Crippen LogP contribution in [0.4, 0.5) is 5.69 Å². The average molecular weight is 312 g/mol. The fraction of sp³-hybridized carbons (Fsp3) is 0.368. The van der Waals surface area contributed by atoms with Crippen LogP contribution in [-0.4, -0.2) is 13.3 Å². The van der Waals surface area contributed by atoms with E-state index < -0.39 is 0 Å². The molecule has 0 aliphatic rings. The third kappa shape index (κ3) is 3.89. The van der Waals surface area contributed by atoms with Gasteiger partial charge in [-0.25, -0.2) is 4.99 Å². The van der Waals surface area contributed by atoms with E-state index >= 15 is 0 Å². The monoisotopic (exact) mass is 312 g/mol. The second-order valence-electron chi connectivity index (χ2n) is 6.17. The molecule has 0 N–H and O–H groups in total. The van der Waals surface area contributed by atoms with Crippen LogP contribution in [0.15, 0.2) is 41.5 Å². The minimum absolute atomic E-state index is 0.366. The molecule has 0 amide bonds. The first-order chi connectivity index (χ1) is 10.9. The normalized spacial score (nSPS) is 11.6. The Morgan fingerprint density at radius 2 is 1.70 bits per heavy atom.